The van der Waals surface area contributed by atoms with E-state index in [0.717, 1.165) is 35.1 Å². The maximum absolute atomic E-state index is 13.4. The fourth-order valence-electron chi connectivity index (χ4n) is 4.31. The molecule has 0 aliphatic carbocycles. The van der Waals surface area contributed by atoms with Gasteiger partial charge in [-0.3, -0.25) is 4.90 Å². The molecule has 0 fully saturated rings. The summed E-state index contributed by atoms with van der Waals surface area (Å²) in [6, 6.07) is 8.60. The third-order valence-corrected chi connectivity index (χ3v) is 7.39. The van der Waals surface area contributed by atoms with Crippen molar-refractivity contribution in [2.75, 3.05) is 44.9 Å². The third kappa shape index (κ3) is 4.60. The summed E-state index contributed by atoms with van der Waals surface area (Å²) in [6.07, 6.45) is -3.68. The van der Waals surface area contributed by atoms with E-state index < -0.39 is 19.8 Å². The predicted molar refractivity (Wildman–Crippen MR) is 125 cm³/mol. The van der Waals surface area contributed by atoms with Gasteiger partial charge in [0, 0.05) is 46.6 Å². The average molecular weight is 485 g/mol. The van der Waals surface area contributed by atoms with Crippen molar-refractivity contribution < 1.29 is 18.3 Å². The van der Waals surface area contributed by atoms with Gasteiger partial charge in [-0.1, -0.05) is 19.5 Å². The van der Waals surface area contributed by atoms with Crippen LogP contribution in [0.2, 0.25) is 5.02 Å². The highest BCUT2D eigenvalue weighted by atomic mass is 35.5. The zero-order valence-corrected chi connectivity index (χ0v) is 19.5. The van der Waals surface area contributed by atoms with Crippen LogP contribution >= 0.6 is 19.5 Å². The lowest BCUT2D eigenvalue weighted by atomic mass is 9.97. The first-order valence-electron chi connectivity index (χ1n) is 10.3. The lowest BCUT2D eigenvalue weighted by Crippen LogP contribution is -2.40. The largest absolute Gasteiger partial charge is 0.434 e. The van der Waals surface area contributed by atoms with Crippen molar-refractivity contribution >= 4 is 41.5 Å². The second-order valence-electron chi connectivity index (χ2n) is 8.07. The normalized spacial score (nSPS) is 17.2. The molecule has 1 aromatic carbocycles. The quantitative estimate of drug-likeness (QED) is 0.447. The number of rotatable bonds is 6. The van der Waals surface area contributed by atoms with Crippen LogP contribution in [-0.4, -0.2) is 59.5 Å². The fourth-order valence-corrected chi connectivity index (χ4v) is 5.46. The van der Waals surface area contributed by atoms with Crippen LogP contribution < -0.4 is 10.6 Å². The summed E-state index contributed by atoms with van der Waals surface area (Å²) in [5, 5.41) is 15.1. The summed E-state index contributed by atoms with van der Waals surface area (Å²) in [7, 11) is -0.918. The Balaban J connectivity index is 1.47. The second-order valence-corrected chi connectivity index (χ2v) is 10.8. The van der Waals surface area contributed by atoms with Gasteiger partial charge >= 0.3 is 6.18 Å². The van der Waals surface area contributed by atoms with Gasteiger partial charge in [-0.15, -0.1) is 0 Å². The molecule has 0 spiro atoms. The molecule has 32 heavy (non-hydrogen) atoms. The summed E-state index contributed by atoms with van der Waals surface area (Å²) < 4.78 is 40.3. The number of aliphatic hydroxyl groups excluding tert-OH is 1. The standard InChI is InChI=1S/C22H25ClF3N4OP/c1-32(2)18-5-6-19(29-21(18)22(24,25)26)27-8-10-30-9-7-14-15-11-13(23)3-4-16(15)28-20(14)17(30)12-31/h3-6,11,17,28,31H,7-10,12H2,1-2H3,(H,27,29). The van der Waals surface area contributed by atoms with Crippen molar-refractivity contribution in [2.24, 2.45) is 0 Å². The van der Waals surface area contributed by atoms with Crippen LogP contribution in [0.15, 0.2) is 30.3 Å². The number of nitrogens with one attached hydrogen (secondary N) is 2. The molecule has 0 radical (unpaired) electrons. The molecule has 10 heteroatoms. The Labute approximate surface area is 190 Å². The Morgan fingerprint density at radius 2 is 2.06 bits per heavy atom. The molecule has 2 aromatic heterocycles. The van der Waals surface area contributed by atoms with E-state index in [1.807, 2.05) is 18.2 Å². The minimum atomic E-state index is -4.48. The summed E-state index contributed by atoms with van der Waals surface area (Å²) in [5.74, 6) is 0.205. The summed E-state index contributed by atoms with van der Waals surface area (Å²) >= 11 is 6.15. The molecule has 3 aromatic rings. The highest BCUT2D eigenvalue weighted by Gasteiger charge is 2.36. The first kappa shape index (κ1) is 23.3. The smallest absolute Gasteiger partial charge is 0.394 e. The third-order valence-electron chi connectivity index (χ3n) is 5.83. The van der Waals surface area contributed by atoms with E-state index in [-0.39, 0.29) is 23.8 Å². The maximum Gasteiger partial charge on any atom is 0.434 e. The number of pyridine rings is 1. The molecular weight excluding hydrogens is 460 g/mol. The predicted octanol–water partition coefficient (Wildman–Crippen LogP) is 4.61. The van der Waals surface area contributed by atoms with Gasteiger partial charge < -0.3 is 15.4 Å². The molecule has 0 saturated carbocycles. The monoisotopic (exact) mass is 484 g/mol. The van der Waals surface area contributed by atoms with Gasteiger partial charge in [-0.2, -0.15) is 13.2 Å². The SMILES string of the molecule is CP(C)c1ccc(NCCN2CCc3c([nH]c4ccc(Cl)cc34)C2CO)nc1C(F)(F)F. The van der Waals surface area contributed by atoms with Gasteiger partial charge in [0.1, 0.15) is 5.82 Å². The molecule has 0 saturated heterocycles. The number of alkyl halides is 3. The summed E-state index contributed by atoms with van der Waals surface area (Å²) in [5.41, 5.74) is 2.30. The minimum Gasteiger partial charge on any atom is -0.394 e. The number of benzene rings is 1. The number of hydrogen-bond acceptors (Lipinski definition) is 4. The maximum atomic E-state index is 13.4. The molecule has 1 unspecified atom stereocenters. The highest BCUT2D eigenvalue weighted by molar-refractivity contribution is 7.64. The van der Waals surface area contributed by atoms with E-state index in [1.165, 1.54) is 6.07 Å². The van der Waals surface area contributed by atoms with Crippen LogP contribution in [0.4, 0.5) is 19.0 Å². The van der Waals surface area contributed by atoms with Gasteiger partial charge in [-0.25, -0.2) is 4.98 Å². The molecular formula is C22H25ClF3N4OP. The average Bonchev–Trinajstić information content (AvgIpc) is 3.10. The Hall–Kier alpha value is -1.86. The molecule has 5 nitrogen and oxygen atoms in total. The number of nitrogens with zero attached hydrogens (tertiary/aromatic N) is 2. The number of aromatic amines is 1. The lowest BCUT2D eigenvalue weighted by molar-refractivity contribution is -0.140. The Morgan fingerprint density at radius 3 is 2.75 bits per heavy atom. The number of halogens is 4. The van der Waals surface area contributed by atoms with E-state index in [2.05, 4.69) is 20.2 Å². The van der Waals surface area contributed by atoms with Crippen molar-refractivity contribution in [3.8, 4) is 0 Å². The fraction of sp³-hybridized carbons (Fsp3) is 0.409. The zero-order valence-electron chi connectivity index (χ0n) is 17.8. The number of H-pyrrole nitrogens is 1. The van der Waals surface area contributed by atoms with Crippen LogP contribution in [-0.2, 0) is 12.6 Å². The van der Waals surface area contributed by atoms with Crippen molar-refractivity contribution in [2.45, 2.75) is 18.6 Å². The molecule has 1 atom stereocenters. The summed E-state index contributed by atoms with van der Waals surface area (Å²) in [4.78, 5) is 9.39. The van der Waals surface area contributed by atoms with E-state index in [1.54, 1.807) is 19.4 Å². The molecule has 172 valence electrons. The number of anilines is 1. The molecule has 1 aliphatic rings. The van der Waals surface area contributed by atoms with Crippen molar-refractivity contribution in [1.82, 2.24) is 14.9 Å². The number of fused-ring (bicyclic) bond motifs is 3. The van der Waals surface area contributed by atoms with Crippen molar-refractivity contribution in [1.29, 1.82) is 0 Å². The molecule has 3 N–H and O–H groups in total. The van der Waals surface area contributed by atoms with Gasteiger partial charge in [0.2, 0.25) is 0 Å². The Kier molecular flexibility index (Phi) is 6.68. The molecule has 0 amide bonds. The lowest BCUT2D eigenvalue weighted by Gasteiger charge is -2.34. The first-order valence-corrected chi connectivity index (χ1v) is 12.9. The van der Waals surface area contributed by atoms with E-state index in [9.17, 15) is 18.3 Å². The zero-order chi connectivity index (χ0) is 23.0. The number of hydrogen-bond donors (Lipinski definition) is 3. The van der Waals surface area contributed by atoms with E-state index in [4.69, 9.17) is 11.6 Å². The minimum absolute atomic E-state index is 0.0602. The first-order chi connectivity index (χ1) is 15.2. The van der Waals surface area contributed by atoms with Gasteiger partial charge in [0.05, 0.1) is 12.6 Å². The Morgan fingerprint density at radius 1 is 1.28 bits per heavy atom. The summed E-state index contributed by atoms with van der Waals surface area (Å²) in [6.45, 7) is 5.21. The van der Waals surface area contributed by atoms with E-state index in [0.29, 0.717) is 18.1 Å². The highest BCUT2D eigenvalue weighted by Crippen LogP contribution is 2.36. The van der Waals surface area contributed by atoms with Gasteiger partial charge in [0.25, 0.3) is 0 Å². The van der Waals surface area contributed by atoms with Crippen LogP contribution in [0.25, 0.3) is 10.9 Å². The van der Waals surface area contributed by atoms with Gasteiger partial charge in [0.15, 0.2) is 5.69 Å². The van der Waals surface area contributed by atoms with Crippen LogP contribution in [0.1, 0.15) is 23.0 Å². The molecule has 1 aliphatic heterocycles. The van der Waals surface area contributed by atoms with Crippen molar-refractivity contribution in [3.63, 3.8) is 0 Å². The number of aromatic nitrogens is 2. The van der Waals surface area contributed by atoms with Crippen LogP contribution in [0, 0.1) is 0 Å². The number of aliphatic hydroxyl groups is 1. The molecule has 0 bridgehead atoms. The van der Waals surface area contributed by atoms with Crippen LogP contribution in [0.3, 0.4) is 0 Å². The second kappa shape index (κ2) is 9.18. The van der Waals surface area contributed by atoms with E-state index >= 15 is 0 Å². The molecule has 3 heterocycles. The van der Waals surface area contributed by atoms with Gasteiger partial charge in [-0.05, 0) is 55.6 Å². The molecule has 4 rings (SSSR count). The Bertz CT molecular complexity index is 1120. The van der Waals surface area contributed by atoms with Crippen molar-refractivity contribution in [3.05, 3.63) is 52.3 Å². The topological polar surface area (TPSA) is 64.2 Å². The van der Waals surface area contributed by atoms with Crippen LogP contribution in [0.5, 0.6) is 0 Å².